The highest BCUT2D eigenvalue weighted by atomic mass is 31.1. The predicted octanol–water partition coefficient (Wildman–Crippen LogP) is 9.09. The quantitative estimate of drug-likeness (QED) is 0.201. The molecule has 0 saturated carbocycles. The van der Waals surface area contributed by atoms with E-state index >= 15 is 0 Å². The van der Waals surface area contributed by atoms with Crippen LogP contribution < -0.4 is 15.9 Å². The van der Waals surface area contributed by atoms with Crippen molar-refractivity contribution >= 4 is 45.4 Å². The maximum Gasteiger partial charge on any atom is -0.00203 e. The summed E-state index contributed by atoms with van der Waals surface area (Å²) in [6, 6.07) is 59.8. The predicted molar refractivity (Wildman–Crippen MR) is 171 cm³/mol. The lowest BCUT2D eigenvalue weighted by Crippen LogP contribution is -2.22. The molecule has 7 aromatic rings. The van der Waals surface area contributed by atoms with Crippen LogP contribution >= 0.6 is 7.92 Å². The fourth-order valence-corrected chi connectivity index (χ4v) is 8.17. The van der Waals surface area contributed by atoms with Gasteiger partial charge in [-0.2, -0.15) is 0 Å². The van der Waals surface area contributed by atoms with E-state index in [4.69, 9.17) is 0 Å². The second-order valence-electron chi connectivity index (χ2n) is 9.76. The lowest BCUT2D eigenvalue weighted by molar-refractivity contribution is 1.64. The SMILES string of the molecule is c1ccc(P(c2ccccc2)c2ccccc2-c2ccc3ccccc3c2-c2cccc3ccccc23)cc1. The fraction of sp³-hybridized carbons (Fsp3) is 0. The minimum Gasteiger partial charge on any atom is -0.0622 e. The Morgan fingerprint density at radius 2 is 0.821 bits per heavy atom. The van der Waals surface area contributed by atoms with Crippen molar-refractivity contribution in [3.8, 4) is 22.3 Å². The largest absolute Gasteiger partial charge is 0.0622 e. The van der Waals surface area contributed by atoms with E-state index in [-0.39, 0.29) is 0 Å². The van der Waals surface area contributed by atoms with Gasteiger partial charge in [0.15, 0.2) is 0 Å². The van der Waals surface area contributed by atoms with E-state index in [2.05, 4.69) is 164 Å². The molecule has 0 bridgehead atoms. The molecule has 39 heavy (non-hydrogen) atoms. The van der Waals surface area contributed by atoms with Crippen LogP contribution in [-0.2, 0) is 0 Å². The number of hydrogen-bond donors (Lipinski definition) is 0. The van der Waals surface area contributed by atoms with Gasteiger partial charge in [0.05, 0.1) is 0 Å². The summed E-state index contributed by atoms with van der Waals surface area (Å²) in [7, 11) is -0.749. The van der Waals surface area contributed by atoms with Gasteiger partial charge < -0.3 is 0 Å². The van der Waals surface area contributed by atoms with Gasteiger partial charge in [-0.3, -0.25) is 0 Å². The van der Waals surface area contributed by atoms with Crippen molar-refractivity contribution in [3.63, 3.8) is 0 Å². The summed E-state index contributed by atoms with van der Waals surface area (Å²) in [5, 5.41) is 9.18. The number of rotatable bonds is 5. The molecule has 7 rings (SSSR count). The van der Waals surface area contributed by atoms with Gasteiger partial charge in [0.2, 0.25) is 0 Å². The Balaban J connectivity index is 1.55. The zero-order chi connectivity index (χ0) is 26.0. The van der Waals surface area contributed by atoms with E-state index in [9.17, 15) is 0 Å². The van der Waals surface area contributed by atoms with Gasteiger partial charge in [0, 0.05) is 0 Å². The lowest BCUT2D eigenvalue weighted by atomic mass is 9.87. The van der Waals surface area contributed by atoms with Crippen LogP contribution in [0.2, 0.25) is 0 Å². The van der Waals surface area contributed by atoms with Gasteiger partial charge >= 0.3 is 0 Å². The third kappa shape index (κ3) is 4.34. The topological polar surface area (TPSA) is 0 Å². The molecule has 0 aromatic heterocycles. The van der Waals surface area contributed by atoms with Crippen molar-refractivity contribution in [1.29, 1.82) is 0 Å². The molecule has 0 N–H and O–H groups in total. The Morgan fingerprint density at radius 1 is 0.308 bits per heavy atom. The molecule has 0 heterocycles. The summed E-state index contributed by atoms with van der Waals surface area (Å²) >= 11 is 0. The van der Waals surface area contributed by atoms with Crippen LogP contribution in [0.5, 0.6) is 0 Å². The summed E-state index contributed by atoms with van der Waals surface area (Å²) in [5.41, 5.74) is 5.15. The van der Waals surface area contributed by atoms with E-state index < -0.39 is 7.92 Å². The van der Waals surface area contributed by atoms with Crippen molar-refractivity contribution in [2.45, 2.75) is 0 Å². The van der Waals surface area contributed by atoms with Crippen LogP contribution in [0.25, 0.3) is 43.8 Å². The van der Waals surface area contributed by atoms with Gasteiger partial charge in [-0.05, 0) is 67.6 Å². The van der Waals surface area contributed by atoms with Gasteiger partial charge in [0.1, 0.15) is 0 Å². The van der Waals surface area contributed by atoms with Gasteiger partial charge in [-0.1, -0.05) is 164 Å². The third-order valence-corrected chi connectivity index (χ3v) is 9.95. The van der Waals surface area contributed by atoms with Crippen molar-refractivity contribution in [2.24, 2.45) is 0 Å². The Kier molecular flexibility index (Phi) is 6.25. The van der Waals surface area contributed by atoms with E-state index in [1.54, 1.807) is 0 Å². The molecule has 1 heteroatoms. The molecule has 0 amide bonds. The number of fused-ring (bicyclic) bond motifs is 2. The highest BCUT2D eigenvalue weighted by Gasteiger charge is 2.22. The summed E-state index contributed by atoms with van der Waals surface area (Å²) in [4.78, 5) is 0. The molecule has 0 unspecified atom stereocenters. The van der Waals surface area contributed by atoms with Crippen LogP contribution in [-0.4, -0.2) is 0 Å². The standard InChI is InChI=1S/C38H27P/c1-3-17-30(18-4-1)39(31-19-5-2-6-20-31)37-25-12-11-23-34(37)36-27-26-29-15-8-10-22-33(29)38(36)35-24-13-16-28-14-7-9-21-32(28)35/h1-27H. The van der Waals surface area contributed by atoms with Crippen LogP contribution in [0, 0.1) is 0 Å². The molecular weight excluding hydrogens is 487 g/mol. The van der Waals surface area contributed by atoms with Crippen molar-refractivity contribution in [3.05, 3.63) is 164 Å². The molecule has 0 radical (unpaired) electrons. The number of benzene rings is 7. The Morgan fingerprint density at radius 3 is 1.54 bits per heavy atom. The summed E-state index contributed by atoms with van der Waals surface area (Å²) in [6.45, 7) is 0. The number of hydrogen-bond acceptors (Lipinski definition) is 0. The zero-order valence-corrected chi connectivity index (χ0v) is 22.4. The molecular formula is C38H27P. The van der Waals surface area contributed by atoms with Crippen LogP contribution in [0.3, 0.4) is 0 Å². The molecule has 7 aromatic carbocycles. The van der Waals surface area contributed by atoms with Crippen LogP contribution in [0.1, 0.15) is 0 Å². The summed E-state index contributed by atoms with van der Waals surface area (Å²) in [5.74, 6) is 0. The normalized spacial score (nSPS) is 11.3. The molecule has 0 aliphatic carbocycles. The molecule has 0 atom stereocenters. The van der Waals surface area contributed by atoms with E-state index in [1.807, 2.05) is 0 Å². The molecule has 0 aliphatic rings. The minimum absolute atomic E-state index is 0.749. The van der Waals surface area contributed by atoms with Gasteiger partial charge in [-0.15, -0.1) is 0 Å². The molecule has 0 fully saturated rings. The first-order chi connectivity index (χ1) is 19.4. The molecule has 0 aliphatic heterocycles. The van der Waals surface area contributed by atoms with Crippen molar-refractivity contribution < 1.29 is 0 Å². The summed E-state index contributed by atoms with van der Waals surface area (Å²) < 4.78 is 0. The first kappa shape index (κ1) is 23.6. The van der Waals surface area contributed by atoms with Crippen molar-refractivity contribution in [1.82, 2.24) is 0 Å². The van der Waals surface area contributed by atoms with Gasteiger partial charge in [-0.25, -0.2) is 0 Å². The highest BCUT2D eigenvalue weighted by Crippen LogP contribution is 2.44. The Labute approximate surface area is 231 Å². The summed E-state index contributed by atoms with van der Waals surface area (Å²) in [6.07, 6.45) is 0. The van der Waals surface area contributed by atoms with E-state index in [0.29, 0.717) is 0 Å². The third-order valence-electron chi connectivity index (χ3n) is 7.45. The molecule has 0 spiro atoms. The van der Waals surface area contributed by atoms with Crippen LogP contribution in [0.15, 0.2) is 164 Å². The second kappa shape index (κ2) is 10.3. The Bertz CT molecular complexity index is 1860. The average Bonchev–Trinajstić information content (AvgIpc) is 3.02. The maximum absolute atomic E-state index is 2.34. The maximum atomic E-state index is 2.34. The van der Waals surface area contributed by atoms with Crippen molar-refractivity contribution in [2.75, 3.05) is 0 Å². The smallest absolute Gasteiger partial charge is 0.00203 e. The first-order valence-corrected chi connectivity index (χ1v) is 14.7. The molecule has 0 saturated heterocycles. The Hall–Kier alpha value is -4.51. The average molecular weight is 515 g/mol. The fourth-order valence-electron chi connectivity index (χ4n) is 5.71. The zero-order valence-electron chi connectivity index (χ0n) is 21.5. The monoisotopic (exact) mass is 514 g/mol. The van der Waals surface area contributed by atoms with E-state index in [0.717, 1.165) is 0 Å². The highest BCUT2D eigenvalue weighted by molar-refractivity contribution is 7.80. The first-order valence-electron chi connectivity index (χ1n) is 13.4. The second-order valence-corrected chi connectivity index (χ2v) is 11.9. The lowest BCUT2D eigenvalue weighted by Gasteiger charge is -2.24. The molecule has 184 valence electrons. The minimum atomic E-state index is -0.749. The molecule has 0 nitrogen and oxygen atoms in total. The van der Waals surface area contributed by atoms with Crippen LogP contribution in [0.4, 0.5) is 0 Å². The van der Waals surface area contributed by atoms with Gasteiger partial charge in [0.25, 0.3) is 0 Å². The van der Waals surface area contributed by atoms with E-state index in [1.165, 1.54) is 59.7 Å².